The molecule has 0 saturated carbocycles. The Morgan fingerprint density at radius 1 is 1.25 bits per heavy atom. The van der Waals surface area contributed by atoms with Crippen LogP contribution in [-0.2, 0) is 15.5 Å². The average molecular weight is 283 g/mol. The smallest absolute Gasteiger partial charge is 0.407 e. The van der Waals surface area contributed by atoms with Crippen molar-refractivity contribution in [2.75, 3.05) is 13.2 Å². The van der Waals surface area contributed by atoms with Gasteiger partial charge in [-0.3, -0.25) is 0 Å². The van der Waals surface area contributed by atoms with Crippen molar-refractivity contribution in [2.24, 2.45) is 5.41 Å². The lowest BCUT2D eigenvalue weighted by molar-refractivity contribution is -0.137. The first-order valence-electron chi connectivity index (χ1n) is 6.08. The first-order chi connectivity index (χ1) is 9.24. The second-order valence-corrected chi connectivity index (χ2v) is 5.50. The number of benzene rings is 1. The van der Waals surface area contributed by atoms with Crippen molar-refractivity contribution in [2.45, 2.75) is 20.0 Å². The zero-order valence-electron chi connectivity index (χ0n) is 11.1. The fourth-order valence-electron chi connectivity index (χ4n) is 2.05. The summed E-state index contributed by atoms with van der Waals surface area (Å²) in [5.41, 5.74) is -1.78. The van der Waals surface area contributed by atoms with Crippen LogP contribution in [0.5, 0.6) is 0 Å². The zero-order valence-corrected chi connectivity index (χ0v) is 11.1. The molecule has 3 nitrogen and oxygen atoms in total. The predicted molar refractivity (Wildman–Crippen MR) is 67.2 cm³/mol. The number of alkyl halides is 3. The minimum atomic E-state index is -4.62. The van der Waals surface area contributed by atoms with Crippen LogP contribution >= 0.6 is 0 Å². The van der Waals surface area contributed by atoms with E-state index >= 15 is 0 Å². The summed E-state index contributed by atoms with van der Waals surface area (Å²) < 4.78 is 50.2. The molecule has 0 aromatic heterocycles. The van der Waals surface area contributed by atoms with Crippen LogP contribution in [0, 0.1) is 16.7 Å². The van der Waals surface area contributed by atoms with Crippen molar-refractivity contribution < 1.29 is 22.5 Å². The van der Waals surface area contributed by atoms with Gasteiger partial charge >= 0.3 is 13.3 Å². The van der Waals surface area contributed by atoms with Gasteiger partial charge in [0, 0.05) is 18.6 Å². The lowest BCUT2D eigenvalue weighted by Gasteiger charge is -2.33. The second kappa shape index (κ2) is 5.11. The minimum absolute atomic E-state index is 0.146. The molecule has 106 valence electrons. The Bertz CT molecular complexity index is 542. The molecule has 2 rings (SSSR count). The first-order valence-corrected chi connectivity index (χ1v) is 6.08. The highest BCUT2D eigenvalue weighted by Crippen LogP contribution is 2.32. The number of hydrogen-bond acceptors (Lipinski definition) is 3. The number of nitrogens with zero attached hydrogens (tertiary/aromatic N) is 1. The molecule has 20 heavy (non-hydrogen) atoms. The van der Waals surface area contributed by atoms with E-state index in [1.54, 1.807) is 6.07 Å². The molecular formula is C13H13BF3NO2. The molecule has 1 aliphatic rings. The highest BCUT2D eigenvalue weighted by molar-refractivity contribution is 6.62. The molecule has 0 N–H and O–H groups in total. The van der Waals surface area contributed by atoms with Gasteiger partial charge in [0.1, 0.15) is 0 Å². The van der Waals surface area contributed by atoms with E-state index in [0.29, 0.717) is 13.2 Å². The molecule has 0 bridgehead atoms. The van der Waals surface area contributed by atoms with Gasteiger partial charge in [-0.25, -0.2) is 0 Å². The van der Waals surface area contributed by atoms with Gasteiger partial charge in [-0.05, 0) is 11.5 Å². The molecule has 1 saturated heterocycles. The lowest BCUT2D eigenvalue weighted by Crippen LogP contribution is -2.49. The van der Waals surface area contributed by atoms with Gasteiger partial charge in [-0.15, -0.1) is 0 Å². The van der Waals surface area contributed by atoms with E-state index < -0.39 is 24.4 Å². The van der Waals surface area contributed by atoms with Crippen molar-refractivity contribution in [3.63, 3.8) is 0 Å². The van der Waals surface area contributed by atoms with E-state index in [0.717, 1.165) is 6.07 Å². The van der Waals surface area contributed by atoms with Gasteiger partial charge in [0.2, 0.25) is 0 Å². The summed E-state index contributed by atoms with van der Waals surface area (Å²) >= 11 is 0. The second-order valence-electron chi connectivity index (χ2n) is 5.50. The number of hydrogen-bond donors (Lipinski definition) is 0. The van der Waals surface area contributed by atoms with E-state index in [4.69, 9.17) is 14.6 Å². The van der Waals surface area contributed by atoms with E-state index in [9.17, 15) is 13.2 Å². The summed E-state index contributed by atoms with van der Waals surface area (Å²) in [5, 5.41) is 8.86. The maximum atomic E-state index is 13.1. The Morgan fingerprint density at radius 3 is 2.35 bits per heavy atom. The van der Waals surface area contributed by atoms with Crippen LogP contribution < -0.4 is 5.46 Å². The Balaban J connectivity index is 2.41. The van der Waals surface area contributed by atoms with Crippen LogP contribution in [0.2, 0.25) is 0 Å². The molecule has 1 heterocycles. The van der Waals surface area contributed by atoms with Gasteiger partial charge in [0.25, 0.3) is 0 Å². The quantitative estimate of drug-likeness (QED) is 0.743. The van der Waals surface area contributed by atoms with Gasteiger partial charge in [-0.2, -0.15) is 18.4 Å². The molecule has 1 aromatic carbocycles. The Morgan fingerprint density at radius 2 is 1.85 bits per heavy atom. The maximum Gasteiger partial charge on any atom is 0.494 e. The minimum Gasteiger partial charge on any atom is -0.407 e. The monoisotopic (exact) mass is 283 g/mol. The first kappa shape index (κ1) is 14.9. The third-order valence-corrected chi connectivity index (χ3v) is 3.01. The number of nitriles is 1. The predicted octanol–water partition coefficient (Wildman–Crippen LogP) is 2.35. The van der Waals surface area contributed by atoms with Gasteiger partial charge < -0.3 is 9.31 Å². The molecule has 0 unspecified atom stereocenters. The Labute approximate surface area is 115 Å². The molecule has 0 aliphatic carbocycles. The highest BCUT2D eigenvalue weighted by atomic mass is 19.4. The Hall–Kier alpha value is -1.52. The van der Waals surface area contributed by atoms with Gasteiger partial charge in [0.05, 0.1) is 17.2 Å². The SMILES string of the molecule is CC1(C)COB(c2cccc(C#N)c2C(F)(F)F)OC1. The molecule has 1 aromatic rings. The summed E-state index contributed by atoms with van der Waals surface area (Å²) in [5.74, 6) is 0. The van der Waals surface area contributed by atoms with Crippen molar-refractivity contribution in [1.29, 1.82) is 5.26 Å². The van der Waals surface area contributed by atoms with Crippen molar-refractivity contribution >= 4 is 12.6 Å². The molecule has 0 amide bonds. The van der Waals surface area contributed by atoms with Crippen molar-refractivity contribution in [3.8, 4) is 6.07 Å². The van der Waals surface area contributed by atoms with E-state index in [1.807, 2.05) is 13.8 Å². The maximum absolute atomic E-state index is 13.1. The van der Waals surface area contributed by atoms with Gasteiger partial charge in [0.15, 0.2) is 0 Å². The van der Waals surface area contributed by atoms with E-state index in [-0.39, 0.29) is 10.9 Å². The standard InChI is InChI=1S/C13H13BF3NO2/c1-12(2)7-19-14(20-8-12)10-5-3-4-9(6-18)11(10)13(15,16)17/h3-5H,7-8H2,1-2H3. The van der Waals surface area contributed by atoms with Crippen LogP contribution in [0.4, 0.5) is 13.2 Å². The van der Waals surface area contributed by atoms with E-state index in [2.05, 4.69) is 0 Å². The van der Waals surface area contributed by atoms with Crippen LogP contribution in [-0.4, -0.2) is 20.3 Å². The largest absolute Gasteiger partial charge is 0.494 e. The van der Waals surface area contributed by atoms with Gasteiger partial charge in [-0.1, -0.05) is 26.0 Å². The molecule has 7 heteroatoms. The third-order valence-electron chi connectivity index (χ3n) is 3.01. The zero-order chi connectivity index (χ0) is 15.0. The summed E-state index contributed by atoms with van der Waals surface area (Å²) in [4.78, 5) is 0. The molecule has 1 aliphatic heterocycles. The molecule has 0 spiro atoms. The lowest BCUT2D eigenvalue weighted by atomic mass is 9.72. The topological polar surface area (TPSA) is 42.2 Å². The summed E-state index contributed by atoms with van der Waals surface area (Å²) in [6.45, 7) is 4.40. The summed E-state index contributed by atoms with van der Waals surface area (Å²) in [7, 11) is -1.09. The summed E-state index contributed by atoms with van der Waals surface area (Å²) in [6, 6.07) is 5.39. The average Bonchev–Trinajstić information content (AvgIpc) is 2.36. The molecular weight excluding hydrogens is 270 g/mol. The van der Waals surface area contributed by atoms with Crippen LogP contribution in [0.25, 0.3) is 0 Å². The molecule has 0 atom stereocenters. The fraction of sp³-hybridized carbons (Fsp3) is 0.462. The van der Waals surface area contributed by atoms with Crippen LogP contribution in [0.3, 0.4) is 0 Å². The fourth-order valence-corrected chi connectivity index (χ4v) is 2.05. The van der Waals surface area contributed by atoms with Crippen LogP contribution in [0.15, 0.2) is 18.2 Å². The Kier molecular flexibility index (Phi) is 3.81. The highest BCUT2D eigenvalue weighted by Gasteiger charge is 2.42. The molecule has 1 fully saturated rings. The summed E-state index contributed by atoms with van der Waals surface area (Å²) in [6.07, 6.45) is -4.62. The number of halogens is 3. The van der Waals surface area contributed by atoms with E-state index in [1.165, 1.54) is 12.1 Å². The normalized spacial score (nSPS) is 18.7. The third kappa shape index (κ3) is 2.97. The molecule has 0 radical (unpaired) electrons. The van der Waals surface area contributed by atoms with Crippen LogP contribution in [0.1, 0.15) is 25.0 Å². The van der Waals surface area contributed by atoms with Crippen molar-refractivity contribution in [1.82, 2.24) is 0 Å². The number of rotatable bonds is 1. The van der Waals surface area contributed by atoms with Crippen molar-refractivity contribution in [3.05, 3.63) is 29.3 Å².